The summed E-state index contributed by atoms with van der Waals surface area (Å²) >= 11 is 0. The molecule has 1 heterocycles. The Morgan fingerprint density at radius 3 is 2.12 bits per heavy atom. The first-order chi connectivity index (χ1) is 15.2. The molecule has 0 bridgehead atoms. The van der Waals surface area contributed by atoms with Crippen LogP contribution < -0.4 is 0 Å². The van der Waals surface area contributed by atoms with Crippen LogP contribution in [0.2, 0.25) is 0 Å². The molecular weight excluding hydrogens is 416 g/mol. The fourth-order valence-corrected chi connectivity index (χ4v) is 4.51. The summed E-state index contributed by atoms with van der Waals surface area (Å²) in [5.74, 6) is -4.65. The maximum Gasteiger partial charge on any atom is 0.313 e. The number of rotatable bonds is 5. The average molecular weight is 440 g/mol. The highest BCUT2D eigenvalue weighted by Gasteiger charge is 2.41. The highest BCUT2D eigenvalue weighted by molar-refractivity contribution is 6.30. The summed E-state index contributed by atoms with van der Waals surface area (Å²) in [6.45, 7) is 4.10. The second kappa shape index (κ2) is 8.03. The van der Waals surface area contributed by atoms with Crippen molar-refractivity contribution in [3.8, 4) is 11.5 Å². The molecule has 1 aliphatic heterocycles. The van der Waals surface area contributed by atoms with Crippen LogP contribution in [-0.4, -0.2) is 53.9 Å². The topological polar surface area (TPSA) is 119 Å². The van der Waals surface area contributed by atoms with E-state index in [0.29, 0.717) is 19.6 Å². The minimum atomic E-state index is -1.01. The summed E-state index contributed by atoms with van der Waals surface area (Å²) in [7, 11) is 1.22. The van der Waals surface area contributed by atoms with Crippen molar-refractivity contribution < 1.29 is 38.8 Å². The van der Waals surface area contributed by atoms with Gasteiger partial charge in [-0.3, -0.25) is 14.4 Å². The Morgan fingerprint density at radius 2 is 1.59 bits per heavy atom. The van der Waals surface area contributed by atoms with Gasteiger partial charge in [0.05, 0.1) is 37.4 Å². The first-order valence-corrected chi connectivity index (χ1v) is 10.3. The number of hydrogen-bond donors (Lipinski definition) is 2. The third-order valence-corrected chi connectivity index (χ3v) is 6.23. The maximum absolute atomic E-state index is 13.2. The van der Waals surface area contributed by atoms with E-state index in [4.69, 9.17) is 14.2 Å². The fourth-order valence-electron chi connectivity index (χ4n) is 4.51. The number of aromatic hydroxyl groups is 2. The van der Waals surface area contributed by atoms with Gasteiger partial charge in [-0.1, -0.05) is 24.3 Å². The lowest BCUT2D eigenvalue weighted by molar-refractivity contribution is -0.153. The molecule has 0 radical (unpaired) electrons. The zero-order valence-corrected chi connectivity index (χ0v) is 18.1. The lowest BCUT2D eigenvalue weighted by Crippen LogP contribution is -2.28. The molecule has 1 saturated heterocycles. The Labute approximate surface area is 184 Å². The summed E-state index contributed by atoms with van der Waals surface area (Å²) in [4.78, 5) is 38.9. The van der Waals surface area contributed by atoms with Gasteiger partial charge in [0, 0.05) is 23.1 Å². The summed E-state index contributed by atoms with van der Waals surface area (Å²) < 4.78 is 16.1. The first-order valence-electron chi connectivity index (χ1n) is 10.3. The summed E-state index contributed by atoms with van der Waals surface area (Å²) in [5.41, 5.74) is -0.0965. The van der Waals surface area contributed by atoms with Gasteiger partial charge in [-0.2, -0.15) is 0 Å². The highest BCUT2D eigenvalue weighted by Crippen LogP contribution is 2.46. The number of hydrogen-bond acceptors (Lipinski definition) is 8. The van der Waals surface area contributed by atoms with Gasteiger partial charge in [0.25, 0.3) is 0 Å². The first kappa shape index (κ1) is 22.0. The van der Waals surface area contributed by atoms with Gasteiger partial charge >= 0.3 is 5.97 Å². The van der Waals surface area contributed by atoms with Gasteiger partial charge < -0.3 is 24.4 Å². The lowest BCUT2D eigenvalue weighted by Gasteiger charge is -2.28. The molecule has 8 heteroatoms. The minimum absolute atomic E-state index is 0.0511. The van der Waals surface area contributed by atoms with E-state index in [0.717, 1.165) is 0 Å². The van der Waals surface area contributed by atoms with Gasteiger partial charge in [-0.15, -0.1) is 0 Å². The number of phenolic OH excluding ortho intramolecular Hbond substituents is 2. The summed E-state index contributed by atoms with van der Waals surface area (Å²) in [6.07, 6.45) is 0.466. The van der Waals surface area contributed by atoms with Gasteiger partial charge in [0.1, 0.15) is 11.5 Å². The number of esters is 1. The van der Waals surface area contributed by atoms with Crippen molar-refractivity contribution in [3.05, 3.63) is 57.6 Å². The van der Waals surface area contributed by atoms with E-state index in [1.807, 2.05) is 0 Å². The molecule has 2 N–H and O–H groups in total. The molecule has 1 aliphatic carbocycles. The number of ether oxygens (including phenoxy) is 3. The zero-order chi connectivity index (χ0) is 23.2. The van der Waals surface area contributed by atoms with Crippen molar-refractivity contribution in [2.45, 2.75) is 38.4 Å². The molecule has 0 saturated carbocycles. The number of methoxy groups -OCH3 is 1. The third-order valence-electron chi connectivity index (χ3n) is 6.23. The van der Waals surface area contributed by atoms with Crippen molar-refractivity contribution in [2.75, 3.05) is 20.3 Å². The molecule has 1 fully saturated rings. The van der Waals surface area contributed by atoms with Gasteiger partial charge in [-0.25, -0.2) is 0 Å². The summed E-state index contributed by atoms with van der Waals surface area (Å²) in [6, 6.07) is 6.22. The molecule has 1 atom stereocenters. The van der Waals surface area contributed by atoms with Crippen LogP contribution in [-0.2, 0) is 19.0 Å². The smallest absolute Gasteiger partial charge is 0.313 e. The predicted octanol–water partition coefficient (Wildman–Crippen LogP) is 2.98. The monoisotopic (exact) mass is 440 g/mol. The van der Waals surface area contributed by atoms with E-state index in [1.54, 1.807) is 19.1 Å². The Kier molecular flexibility index (Phi) is 5.52. The molecule has 8 nitrogen and oxygen atoms in total. The number of ketones is 2. The molecule has 2 aromatic rings. The highest BCUT2D eigenvalue weighted by atomic mass is 16.7. The fraction of sp³-hybridized carbons (Fsp3) is 0.375. The number of carbonyl (C=O) groups excluding carboxylic acids is 3. The molecule has 1 unspecified atom stereocenters. The number of phenols is 2. The normalized spacial score (nSPS) is 17.6. The molecule has 0 spiro atoms. The predicted molar refractivity (Wildman–Crippen MR) is 112 cm³/mol. The van der Waals surface area contributed by atoms with Crippen LogP contribution in [0.3, 0.4) is 0 Å². The number of benzene rings is 2. The minimum Gasteiger partial charge on any atom is -0.507 e. The van der Waals surface area contributed by atoms with Crippen LogP contribution in [0.25, 0.3) is 0 Å². The molecule has 0 aromatic heterocycles. The van der Waals surface area contributed by atoms with E-state index >= 15 is 0 Å². The van der Waals surface area contributed by atoms with Crippen LogP contribution >= 0.6 is 0 Å². The number of carbonyl (C=O) groups is 3. The van der Waals surface area contributed by atoms with Crippen LogP contribution in [0.5, 0.6) is 11.5 Å². The molecule has 168 valence electrons. The number of fused-ring (bicyclic) bond motifs is 2. The quantitative estimate of drug-likeness (QED) is 0.459. The second-order valence-corrected chi connectivity index (χ2v) is 8.13. The Morgan fingerprint density at radius 1 is 1.06 bits per heavy atom. The maximum atomic E-state index is 13.2. The van der Waals surface area contributed by atoms with E-state index < -0.39 is 40.7 Å². The van der Waals surface area contributed by atoms with Gasteiger partial charge in [-0.05, 0) is 25.8 Å². The van der Waals surface area contributed by atoms with Crippen LogP contribution in [0.4, 0.5) is 0 Å². The molecule has 4 rings (SSSR count). The molecule has 2 aliphatic rings. The van der Waals surface area contributed by atoms with Gasteiger partial charge in [0.2, 0.25) is 0 Å². The van der Waals surface area contributed by atoms with E-state index in [9.17, 15) is 24.6 Å². The molecular formula is C24H24O8. The van der Waals surface area contributed by atoms with Crippen molar-refractivity contribution >= 4 is 17.5 Å². The molecule has 2 aromatic carbocycles. The SMILES string of the molecule is COC(=O)C(CCC1(C)OCCO1)c1c(C)c(O)c2c(c1O)C(=O)c1ccccc1C2=O. The van der Waals surface area contributed by atoms with Crippen molar-refractivity contribution in [3.63, 3.8) is 0 Å². The van der Waals surface area contributed by atoms with Crippen molar-refractivity contribution in [1.29, 1.82) is 0 Å². The zero-order valence-electron chi connectivity index (χ0n) is 18.1. The third kappa shape index (κ3) is 3.36. The van der Waals surface area contributed by atoms with Crippen LogP contribution in [0.1, 0.15) is 68.7 Å². The van der Waals surface area contributed by atoms with Crippen molar-refractivity contribution in [1.82, 2.24) is 0 Å². The van der Waals surface area contributed by atoms with Crippen molar-refractivity contribution in [2.24, 2.45) is 0 Å². The van der Waals surface area contributed by atoms with E-state index in [2.05, 4.69) is 0 Å². The van der Waals surface area contributed by atoms with Crippen LogP contribution in [0, 0.1) is 6.92 Å². The standard InChI is InChI=1S/C24H24O8/c1-12-16(15(23(29)30-3)8-9-24(2)31-10-11-32-24)22(28)18-17(19(12)25)20(26)13-6-4-5-7-14(13)21(18)27/h4-7,15,25,28H,8-11H2,1-3H3. The Bertz CT molecular complexity index is 1130. The van der Waals surface area contributed by atoms with Crippen LogP contribution in [0.15, 0.2) is 24.3 Å². The second-order valence-electron chi connectivity index (χ2n) is 8.13. The van der Waals surface area contributed by atoms with E-state index in [-0.39, 0.29) is 39.8 Å². The van der Waals surface area contributed by atoms with Gasteiger partial charge in [0.15, 0.2) is 17.4 Å². The Balaban J connectivity index is 1.85. The Hall–Kier alpha value is -3.23. The largest absolute Gasteiger partial charge is 0.507 e. The summed E-state index contributed by atoms with van der Waals surface area (Å²) in [5, 5.41) is 22.1. The lowest BCUT2D eigenvalue weighted by atomic mass is 9.78. The average Bonchev–Trinajstić information content (AvgIpc) is 3.22. The molecule has 0 amide bonds. The molecule has 32 heavy (non-hydrogen) atoms. The van der Waals surface area contributed by atoms with E-state index in [1.165, 1.54) is 26.2 Å².